The van der Waals surface area contributed by atoms with E-state index in [1.807, 2.05) is 13.8 Å². The predicted molar refractivity (Wildman–Crippen MR) is 84.4 cm³/mol. The van der Waals surface area contributed by atoms with Gasteiger partial charge in [0.1, 0.15) is 0 Å². The first-order valence-electron chi connectivity index (χ1n) is 7.26. The highest BCUT2D eigenvalue weighted by Gasteiger charge is 2.25. The van der Waals surface area contributed by atoms with E-state index in [1.54, 1.807) is 0 Å². The second kappa shape index (κ2) is 6.41. The van der Waals surface area contributed by atoms with Crippen LogP contribution in [0.15, 0.2) is 24.3 Å². The Balaban J connectivity index is 0.00000137. The molecular formula is C18H32. The summed E-state index contributed by atoms with van der Waals surface area (Å²) in [7, 11) is 0. The van der Waals surface area contributed by atoms with E-state index < -0.39 is 0 Å². The lowest BCUT2D eigenvalue weighted by molar-refractivity contribution is 0.371. The lowest BCUT2D eigenvalue weighted by atomic mass is 9.73. The minimum Gasteiger partial charge on any atom is -0.0683 e. The maximum Gasteiger partial charge on any atom is -0.00805 e. The molecule has 0 heteroatoms. The van der Waals surface area contributed by atoms with Gasteiger partial charge in [0, 0.05) is 0 Å². The SMILES string of the molecule is CC.CC(C)C(C)(C)c1cccc(C(C)(C)C)c1. The molecule has 0 saturated carbocycles. The van der Waals surface area contributed by atoms with Crippen LogP contribution in [-0.2, 0) is 10.8 Å². The highest BCUT2D eigenvalue weighted by molar-refractivity contribution is 5.33. The minimum absolute atomic E-state index is 0.239. The Morgan fingerprint density at radius 2 is 1.28 bits per heavy atom. The van der Waals surface area contributed by atoms with Gasteiger partial charge in [-0.15, -0.1) is 0 Å². The summed E-state index contributed by atoms with van der Waals surface area (Å²) in [6.45, 7) is 20.1. The van der Waals surface area contributed by atoms with Gasteiger partial charge in [-0.1, -0.05) is 86.6 Å². The molecule has 0 amide bonds. The highest BCUT2D eigenvalue weighted by Crippen LogP contribution is 2.33. The van der Waals surface area contributed by atoms with Gasteiger partial charge in [0.25, 0.3) is 0 Å². The Bertz CT molecular complexity index is 351. The second-order valence-corrected chi connectivity index (χ2v) is 6.71. The first-order valence-corrected chi connectivity index (χ1v) is 7.26. The average Bonchev–Trinajstić information content (AvgIpc) is 2.30. The normalized spacial score (nSPS) is 12.1. The molecule has 104 valence electrons. The van der Waals surface area contributed by atoms with Crippen molar-refractivity contribution in [2.45, 2.75) is 73.1 Å². The molecule has 0 unspecified atom stereocenters. The number of hydrogen-bond acceptors (Lipinski definition) is 0. The Labute approximate surface area is 115 Å². The molecule has 0 bridgehead atoms. The molecule has 1 aromatic rings. The summed E-state index contributed by atoms with van der Waals surface area (Å²) in [5.41, 5.74) is 3.37. The minimum atomic E-state index is 0.239. The Kier molecular flexibility index (Phi) is 6.13. The molecule has 0 spiro atoms. The summed E-state index contributed by atoms with van der Waals surface area (Å²) in [4.78, 5) is 0. The molecule has 0 saturated heterocycles. The average molecular weight is 248 g/mol. The fourth-order valence-electron chi connectivity index (χ4n) is 1.72. The molecule has 18 heavy (non-hydrogen) atoms. The van der Waals surface area contributed by atoms with Crippen molar-refractivity contribution in [3.63, 3.8) is 0 Å². The van der Waals surface area contributed by atoms with Crippen molar-refractivity contribution in [1.82, 2.24) is 0 Å². The summed E-state index contributed by atoms with van der Waals surface area (Å²) in [5, 5.41) is 0. The van der Waals surface area contributed by atoms with Crippen molar-refractivity contribution < 1.29 is 0 Å². The molecule has 1 rings (SSSR count). The van der Waals surface area contributed by atoms with E-state index in [2.05, 4.69) is 72.7 Å². The van der Waals surface area contributed by atoms with Gasteiger partial charge in [0.15, 0.2) is 0 Å². The third-order valence-corrected chi connectivity index (χ3v) is 3.92. The van der Waals surface area contributed by atoms with Crippen LogP contribution < -0.4 is 0 Å². The zero-order valence-electron chi connectivity index (χ0n) is 13.9. The van der Waals surface area contributed by atoms with Gasteiger partial charge in [-0.05, 0) is 27.9 Å². The molecular weight excluding hydrogens is 216 g/mol. The van der Waals surface area contributed by atoms with Gasteiger partial charge in [0.2, 0.25) is 0 Å². The van der Waals surface area contributed by atoms with Crippen LogP contribution in [0.1, 0.15) is 73.4 Å². The van der Waals surface area contributed by atoms with E-state index >= 15 is 0 Å². The zero-order valence-corrected chi connectivity index (χ0v) is 13.9. The van der Waals surface area contributed by atoms with Gasteiger partial charge in [-0.2, -0.15) is 0 Å². The largest absolute Gasteiger partial charge is 0.0683 e. The second-order valence-electron chi connectivity index (χ2n) is 6.71. The maximum atomic E-state index is 2.38. The molecule has 0 aliphatic rings. The van der Waals surface area contributed by atoms with Gasteiger partial charge in [-0.3, -0.25) is 0 Å². The molecule has 0 aromatic heterocycles. The third-order valence-electron chi connectivity index (χ3n) is 3.92. The van der Waals surface area contributed by atoms with Crippen molar-refractivity contribution in [3.05, 3.63) is 35.4 Å². The van der Waals surface area contributed by atoms with Crippen LogP contribution in [0.25, 0.3) is 0 Å². The lowest BCUT2D eigenvalue weighted by Crippen LogP contribution is -2.25. The molecule has 0 fully saturated rings. The fraction of sp³-hybridized carbons (Fsp3) is 0.667. The smallest absolute Gasteiger partial charge is 0.00805 e. The molecule has 0 aliphatic heterocycles. The van der Waals surface area contributed by atoms with Gasteiger partial charge in [0.05, 0.1) is 0 Å². The van der Waals surface area contributed by atoms with Crippen molar-refractivity contribution in [2.75, 3.05) is 0 Å². The summed E-state index contributed by atoms with van der Waals surface area (Å²) < 4.78 is 0. The standard InChI is InChI=1S/C16H26.C2H6/c1-12(2)16(6,7)14-10-8-9-13(11-14)15(3,4)5;1-2/h8-12H,1-7H3;1-2H3. The number of rotatable bonds is 2. The third kappa shape index (κ3) is 4.15. The molecule has 0 aliphatic carbocycles. The van der Waals surface area contributed by atoms with Crippen LogP contribution >= 0.6 is 0 Å². The molecule has 0 N–H and O–H groups in total. The van der Waals surface area contributed by atoms with Crippen LogP contribution in [0, 0.1) is 5.92 Å². The number of benzene rings is 1. The van der Waals surface area contributed by atoms with Crippen molar-refractivity contribution >= 4 is 0 Å². The van der Waals surface area contributed by atoms with Gasteiger partial charge >= 0.3 is 0 Å². The molecule has 0 nitrogen and oxygen atoms in total. The van der Waals surface area contributed by atoms with E-state index in [9.17, 15) is 0 Å². The van der Waals surface area contributed by atoms with Crippen molar-refractivity contribution in [1.29, 1.82) is 0 Å². The monoisotopic (exact) mass is 248 g/mol. The first kappa shape index (κ1) is 17.2. The van der Waals surface area contributed by atoms with Crippen LogP contribution in [0.4, 0.5) is 0 Å². The van der Waals surface area contributed by atoms with Crippen molar-refractivity contribution in [2.24, 2.45) is 5.92 Å². The molecule has 1 aromatic carbocycles. The van der Waals surface area contributed by atoms with E-state index in [1.165, 1.54) is 11.1 Å². The van der Waals surface area contributed by atoms with Crippen molar-refractivity contribution in [3.8, 4) is 0 Å². The summed E-state index contributed by atoms with van der Waals surface area (Å²) in [5.74, 6) is 0.655. The van der Waals surface area contributed by atoms with E-state index in [0.29, 0.717) is 5.92 Å². The number of hydrogen-bond donors (Lipinski definition) is 0. The lowest BCUT2D eigenvalue weighted by Gasteiger charge is -2.31. The Hall–Kier alpha value is -0.780. The molecule has 0 heterocycles. The van der Waals surface area contributed by atoms with E-state index in [0.717, 1.165) is 0 Å². The van der Waals surface area contributed by atoms with Crippen LogP contribution in [0.2, 0.25) is 0 Å². The zero-order chi connectivity index (χ0) is 14.6. The summed E-state index contributed by atoms with van der Waals surface area (Å²) in [6, 6.07) is 9.06. The topological polar surface area (TPSA) is 0 Å². The van der Waals surface area contributed by atoms with Crippen LogP contribution in [-0.4, -0.2) is 0 Å². The maximum absolute atomic E-state index is 2.38. The first-order chi connectivity index (χ1) is 8.15. The molecule has 0 atom stereocenters. The van der Waals surface area contributed by atoms with Crippen LogP contribution in [0.3, 0.4) is 0 Å². The Morgan fingerprint density at radius 1 is 0.833 bits per heavy atom. The predicted octanol–water partition coefficient (Wildman–Crippen LogP) is 5.94. The van der Waals surface area contributed by atoms with Gasteiger partial charge in [-0.25, -0.2) is 0 Å². The van der Waals surface area contributed by atoms with E-state index in [4.69, 9.17) is 0 Å². The highest BCUT2D eigenvalue weighted by atomic mass is 14.3. The van der Waals surface area contributed by atoms with Gasteiger partial charge < -0.3 is 0 Å². The molecule has 0 radical (unpaired) electrons. The van der Waals surface area contributed by atoms with Crippen LogP contribution in [0.5, 0.6) is 0 Å². The summed E-state index contributed by atoms with van der Waals surface area (Å²) in [6.07, 6.45) is 0. The fourth-order valence-corrected chi connectivity index (χ4v) is 1.72. The van der Waals surface area contributed by atoms with E-state index in [-0.39, 0.29) is 10.8 Å². The quantitative estimate of drug-likeness (QED) is 0.607. The Morgan fingerprint density at radius 3 is 1.67 bits per heavy atom. The summed E-state index contributed by atoms with van der Waals surface area (Å²) >= 11 is 0.